The topological polar surface area (TPSA) is 123 Å². The number of carbonyl (C=O) groups is 3. The number of hydrogen-bond acceptors (Lipinski definition) is 8. The van der Waals surface area contributed by atoms with Crippen LogP contribution in [0.25, 0.3) is 0 Å². The third kappa shape index (κ3) is 7.59. The number of hydrogen-bond donors (Lipinski definition) is 3. The highest BCUT2D eigenvalue weighted by molar-refractivity contribution is 5.97. The number of likely N-dealkylation sites (N-methyl/N-ethyl adjacent to an activating group) is 1. The molecule has 1 aliphatic carbocycles. The molecule has 4 heterocycles. The van der Waals surface area contributed by atoms with Crippen LogP contribution in [0.3, 0.4) is 0 Å². The summed E-state index contributed by atoms with van der Waals surface area (Å²) in [6, 6.07) is 6.16. The van der Waals surface area contributed by atoms with Gasteiger partial charge in [-0.1, -0.05) is 12.6 Å². The van der Waals surface area contributed by atoms with Crippen molar-refractivity contribution in [3.05, 3.63) is 89.2 Å². The van der Waals surface area contributed by atoms with Crippen molar-refractivity contribution in [2.75, 3.05) is 45.6 Å². The number of carbonyl (C=O) groups excluding carboxylic acids is 3. The van der Waals surface area contributed by atoms with Crippen LogP contribution >= 0.6 is 0 Å². The maximum Gasteiger partial charge on any atom is 0.271 e. The number of nitrogens with one attached hydrogen (secondary N) is 3. The van der Waals surface area contributed by atoms with Crippen LogP contribution in [0.5, 0.6) is 0 Å². The molecule has 238 valence electrons. The lowest BCUT2D eigenvalue weighted by atomic mass is 10.1. The van der Waals surface area contributed by atoms with Crippen LogP contribution in [-0.2, 0) is 9.59 Å². The Hall–Kier alpha value is -4.51. The second kappa shape index (κ2) is 13.6. The molecule has 3 N–H and O–H groups in total. The monoisotopic (exact) mass is 612 g/mol. The molecule has 2 unspecified atom stereocenters. The summed E-state index contributed by atoms with van der Waals surface area (Å²) in [5, 5.41) is 9.71. The van der Waals surface area contributed by atoms with Crippen LogP contribution in [0.15, 0.2) is 66.7 Å². The predicted molar refractivity (Wildman–Crippen MR) is 174 cm³/mol. The van der Waals surface area contributed by atoms with Gasteiger partial charge in [0.15, 0.2) is 0 Å². The molecule has 45 heavy (non-hydrogen) atoms. The normalized spacial score (nSPS) is 20.7. The molecular formula is C34H44N8O3. The first-order valence-corrected chi connectivity index (χ1v) is 15.6. The largest absolute Gasteiger partial charge is 0.374 e. The molecule has 3 amide bonds. The second-order valence-electron chi connectivity index (χ2n) is 12.5. The molecule has 2 aromatic heterocycles. The minimum Gasteiger partial charge on any atom is -0.374 e. The lowest BCUT2D eigenvalue weighted by Gasteiger charge is -2.40. The van der Waals surface area contributed by atoms with E-state index in [4.69, 9.17) is 4.98 Å². The number of pyridine rings is 2. The van der Waals surface area contributed by atoms with Crippen molar-refractivity contribution in [1.29, 1.82) is 0 Å². The molecule has 1 saturated heterocycles. The van der Waals surface area contributed by atoms with E-state index < -0.39 is 6.17 Å². The van der Waals surface area contributed by atoms with Gasteiger partial charge < -0.3 is 25.8 Å². The highest BCUT2D eigenvalue weighted by Gasteiger charge is 2.29. The number of dihydropyridines is 1. The average molecular weight is 613 g/mol. The number of rotatable bonds is 10. The fraction of sp³-hybridized carbons (Fsp3) is 0.441. The van der Waals surface area contributed by atoms with Crippen LogP contribution in [0.2, 0.25) is 0 Å². The van der Waals surface area contributed by atoms with E-state index >= 15 is 0 Å². The van der Waals surface area contributed by atoms with Crippen LogP contribution in [0.4, 0.5) is 5.69 Å². The van der Waals surface area contributed by atoms with Crippen molar-refractivity contribution in [2.45, 2.75) is 57.8 Å². The zero-order chi connectivity index (χ0) is 32.2. The number of piperazine rings is 1. The van der Waals surface area contributed by atoms with E-state index in [-0.39, 0.29) is 29.8 Å². The van der Waals surface area contributed by atoms with Crippen LogP contribution in [0, 0.1) is 6.92 Å². The Morgan fingerprint density at radius 3 is 2.53 bits per heavy atom. The molecule has 0 spiro atoms. The number of anilines is 1. The second-order valence-corrected chi connectivity index (χ2v) is 12.5. The molecule has 3 atom stereocenters. The minimum atomic E-state index is -0.450. The van der Waals surface area contributed by atoms with Crippen molar-refractivity contribution in [2.24, 2.45) is 0 Å². The van der Waals surface area contributed by atoms with Gasteiger partial charge >= 0.3 is 0 Å². The van der Waals surface area contributed by atoms with E-state index in [9.17, 15) is 14.4 Å². The molecule has 2 aliphatic heterocycles. The van der Waals surface area contributed by atoms with Gasteiger partial charge in [-0.05, 0) is 80.5 Å². The SMILES string of the molecule is C=CC(=O)N1CCN(CC(Nc2cnc(C(=O)NC3NC=C(C(=O)N(C)C)C=C3C)c(C)c2)c2ccc(C3CC3)cn2)C[C@H]1C. The van der Waals surface area contributed by atoms with Gasteiger partial charge in [0.2, 0.25) is 5.91 Å². The van der Waals surface area contributed by atoms with E-state index in [1.54, 1.807) is 32.6 Å². The molecule has 2 fully saturated rings. The zero-order valence-corrected chi connectivity index (χ0v) is 26.8. The first-order chi connectivity index (χ1) is 21.5. The summed E-state index contributed by atoms with van der Waals surface area (Å²) in [5.41, 5.74) is 5.41. The first-order valence-electron chi connectivity index (χ1n) is 15.6. The summed E-state index contributed by atoms with van der Waals surface area (Å²) in [7, 11) is 3.40. The standard InChI is InChI=1S/C34H44N8O3/c1-7-30(43)42-13-12-41(19-23(42)4)20-29(28-11-10-25(16-35-28)24-8-9-24)38-27-15-21(2)31(36-18-27)33(44)39-32-22(3)14-26(17-37-32)34(45)40(5)6/h7,10-11,14-18,23-24,29,32,37-38H,1,8-9,12-13,19-20H2,2-6H3,(H,39,44)/t23-,29?,32?/m1/s1. The number of aryl methyl sites for hydroxylation is 1. The van der Waals surface area contributed by atoms with E-state index in [1.165, 1.54) is 29.4 Å². The lowest BCUT2D eigenvalue weighted by molar-refractivity contribution is -0.130. The van der Waals surface area contributed by atoms with E-state index in [1.807, 2.05) is 31.0 Å². The van der Waals surface area contributed by atoms with Crippen LogP contribution in [-0.4, -0.2) is 94.9 Å². The number of nitrogens with zero attached hydrogens (tertiary/aromatic N) is 5. The van der Waals surface area contributed by atoms with Crippen LogP contribution in [0.1, 0.15) is 66.0 Å². The Labute approximate surface area is 265 Å². The molecule has 0 aromatic carbocycles. The van der Waals surface area contributed by atoms with Crippen molar-refractivity contribution in [3.63, 3.8) is 0 Å². The summed E-state index contributed by atoms with van der Waals surface area (Å²) in [6.07, 6.45) is 10.4. The first kappa shape index (κ1) is 31.9. The van der Waals surface area contributed by atoms with E-state index in [0.717, 1.165) is 35.6 Å². The molecule has 11 heteroatoms. The van der Waals surface area contributed by atoms with Gasteiger partial charge in [0.05, 0.1) is 29.2 Å². The Kier molecular flexibility index (Phi) is 9.67. The van der Waals surface area contributed by atoms with E-state index in [2.05, 4.69) is 51.5 Å². The predicted octanol–water partition coefficient (Wildman–Crippen LogP) is 3.11. The minimum absolute atomic E-state index is 0.0362. The Morgan fingerprint density at radius 1 is 1.16 bits per heavy atom. The van der Waals surface area contributed by atoms with Gasteiger partial charge in [-0.15, -0.1) is 0 Å². The van der Waals surface area contributed by atoms with Crippen LogP contribution < -0.4 is 16.0 Å². The molecule has 1 saturated carbocycles. The number of aromatic nitrogens is 2. The van der Waals surface area contributed by atoms with Crippen molar-refractivity contribution in [3.8, 4) is 0 Å². The highest BCUT2D eigenvalue weighted by atomic mass is 16.2. The van der Waals surface area contributed by atoms with E-state index in [0.29, 0.717) is 30.3 Å². The zero-order valence-electron chi connectivity index (χ0n) is 26.8. The quantitative estimate of drug-likeness (QED) is 0.350. The Bertz CT molecular complexity index is 1510. The average Bonchev–Trinajstić information content (AvgIpc) is 3.87. The third-order valence-electron chi connectivity index (χ3n) is 8.63. The summed E-state index contributed by atoms with van der Waals surface area (Å²) in [6.45, 7) is 12.3. The van der Waals surface area contributed by atoms with Gasteiger partial charge in [0, 0.05) is 58.7 Å². The summed E-state index contributed by atoms with van der Waals surface area (Å²) >= 11 is 0. The highest BCUT2D eigenvalue weighted by Crippen LogP contribution is 2.39. The molecular weight excluding hydrogens is 568 g/mol. The van der Waals surface area contributed by atoms with Crippen molar-refractivity contribution >= 4 is 23.4 Å². The summed E-state index contributed by atoms with van der Waals surface area (Å²) < 4.78 is 0. The fourth-order valence-electron chi connectivity index (χ4n) is 5.90. The van der Waals surface area contributed by atoms with Gasteiger partial charge in [-0.25, -0.2) is 4.98 Å². The summed E-state index contributed by atoms with van der Waals surface area (Å²) in [4.78, 5) is 52.9. The molecule has 3 aliphatic rings. The smallest absolute Gasteiger partial charge is 0.271 e. The number of amides is 3. The van der Waals surface area contributed by atoms with Gasteiger partial charge in [-0.3, -0.25) is 24.3 Å². The lowest BCUT2D eigenvalue weighted by Crippen LogP contribution is -2.54. The molecule has 11 nitrogen and oxygen atoms in total. The van der Waals surface area contributed by atoms with Crippen molar-refractivity contribution < 1.29 is 14.4 Å². The Morgan fingerprint density at radius 2 is 1.93 bits per heavy atom. The fourth-order valence-corrected chi connectivity index (χ4v) is 5.90. The molecule has 5 rings (SSSR count). The van der Waals surface area contributed by atoms with Gasteiger partial charge in [-0.2, -0.15) is 0 Å². The maximum atomic E-state index is 13.2. The van der Waals surface area contributed by atoms with Gasteiger partial charge in [0.1, 0.15) is 11.9 Å². The maximum absolute atomic E-state index is 13.2. The Balaban J connectivity index is 1.28. The van der Waals surface area contributed by atoms with Gasteiger partial charge in [0.25, 0.3) is 11.8 Å². The third-order valence-corrected chi connectivity index (χ3v) is 8.63. The van der Waals surface area contributed by atoms with Crippen molar-refractivity contribution in [1.82, 2.24) is 35.3 Å². The molecule has 0 bridgehead atoms. The molecule has 0 radical (unpaired) electrons. The summed E-state index contributed by atoms with van der Waals surface area (Å²) in [5.74, 6) is 0.168. The molecule has 2 aromatic rings.